The highest BCUT2D eigenvalue weighted by Crippen LogP contribution is 2.27. The average Bonchev–Trinajstić information content (AvgIpc) is 2.94. The van der Waals surface area contributed by atoms with Gasteiger partial charge in [0.15, 0.2) is 0 Å². The molecule has 1 aliphatic heterocycles. The van der Waals surface area contributed by atoms with Crippen molar-refractivity contribution in [3.63, 3.8) is 0 Å². The minimum absolute atomic E-state index is 0.933. The van der Waals surface area contributed by atoms with E-state index < -0.39 is 0 Å². The molecule has 0 amide bonds. The number of aromatic nitrogens is 2. The molecule has 0 unspecified atom stereocenters. The fourth-order valence-electron chi connectivity index (χ4n) is 3.61. The third-order valence-corrected chi connectivity index (χ3v) is 5.00. The number of nitrogens with zero attached hydrogens (tertiary/aromatic N) is 3. The Balaban J connectivity index is 1.81. The molecule has 0 bridgehead atoms. The van der Waals surface area contributed by atoms with Gasteiger partial charge in [0.25, 0.3) is 0 Å². The van der Waals surface area contributed by atoms with Crippen molar-refractivity contribution in [2.45, 2.75) is 39.8 Å². The molecule has 4 rings (SSSR count). The molecule has 3 heteroatoms. The van der Waals surface area contributed by atoms with E-state index in [2.05, 4.69) is 65.8 Å². The van der Waals surface area contributed by atoms with Crippen molar-refractivity contribution in [1.82, 2.24) is 14.5 Å². The molecule has 0 N–H and O–H groups in total. The van der Waals surface area contributed by atoms with E-state index in [0.717, 1.165) is 18.0 Å². The molecule has 1 aromatic heterocycles. The molecule has 0 saturated carbocycles. The van der Waals surface area contributed by atoms with Gasteiger partial charge in [0.2, 0.25) is 0 Å². The predicted octanol–water partition coefficient (Wildman–Crippen LogP) is 4.76. The van der Waals surface area contributed by atoms with E-state index in [1.54, 1.807) is 0 Å². The second-order valence-corrected chi connectivity index (χ2v) is 7.04. The third-order valence-electron chi connectivity index (χ3n) is 5.00. The van der Waals surface area contributed by atoms with Gasteiger partial charge in [-0.1, -0.05) is 42.3 Å². The Bertz CT molecular complexity index is 839. The zero-order chi connectivity index (χ0) is 16.5. The number of aryl methyl sites for hydroxylation is 2. The van der Waals surface area contributed by atoms with E-state index in [9.17, 15) is 0 Å². The Labute approximate surface area is 143 Å². The first-order chi connectivity index (χ1) is 11.7. The molecule has 1 saturated heterocycles. The Kier molecular flexibility index (Phi) is 4.11. The van der Waals surface area contributed by atoms with Gasteiger partial charge in [-0.2, -0.15) is 0 Å². The Morgan fingerprint density at radius 3 is 2.33 bits per heavy atom. The van der Waals surface area contributed by atoms with Gasteiger partial charge in [-0.05, 0) is 57.5 Å². The molecule has 3 nitrogen and oxygen atoms in total. The molecule has 0 atom stereocenters. The van der Waals surface area contributed by atoms with Crippen LogP contribution in [0.15, 0.2) is 42.5 Å². The van der Waals surface area contributed by atoms with Crippen LogP contribution < -0.4 is 0 Å². The van der Waals surface area contributed by atoms with Gasteiger partial charge in [-0.25, -0.2) is 4.98 Å². The first-order valence-electron chi connectivity index (χ1n) is 8.97. The zero-order valence-corrected chi connectivity index (χ0v) is 14.6. The molecule has 1 aliphatic rings. The molecular formula is C21H25N3. The molecule has 0 radical (unpaired) electrons. The van der Waals surface area contributed by atoms with Crippen LogP contribution in [0, 0.1) is 13.8 Å². The first-order valence-corrected chi connectivity index (χ1v) is 8.97. The second-order valence-electron chi connectivity index (χ2n) is 7.04. The molecule has 0 aliphatic carbocycles. The van der Waals surface area contributed by atoms with Crippen molar-refractivity contribution in [3.05, 3.63) is 53.6 Å². The lowest BCUT2D eigenvalue weighted by atomic mass is 10.1. The number of likely N-dealkylation sites (tertiary alicyclic amines) is 1. The maximum atomic E-state index is 4.98. The monoisotopic (exact) mass is 319 g/mol. The minimum atomic E-state index is 0.933. The van der Waals surface area contributed by atoms with Crippen molar-refractivity contribution >= 4 is 11.0 Å². The van der Waals surface area contributed by atoms with Crippen molar-refractivity contribution in [3.8, 4) is 11.4 Å². The van der Waals surface area contributed by atoms with E-state index in [1.165, 1.54) is 54.6 Å². The minimum Gasteiger partial charge on any atom is -0.310 e. The van der Waals surface area contributed by atoms with E-state index in [4.69, 9.17) is 4.98 Å². The fourth-order valence-corrected chi connectivity index (χ4v) is 3.61. The topological polar surface area (TPSA) is 21.1 Å². The highest BCUT2D eigenvalue weighted by Gasteiger charge is 2.17. The average molecular weight is 319 g/mol. The van der Waals surface area contributed by atoms with Gasteiger partial charge in [-0.15, -0.1) is 0 Å². The van der Waals surface area contributed by atoms with E-state index in [0.29, 0.717) is 0 Å². The Morgan fingerprint density at radius 2 is 1.58 bits per heavy atom. The molecule has 124 valence electrons. The molecule has 0 spiro atoms. The van der Waals surface area contributed by atoms with Gasteiger partial charge >= 0.3 is 0 Å². The Morgan fingerprint density at radius 1 is 0.875 bits per heavy atom. The maximum Gasteiger partial charge on any atom is 0.142 e. The maximum absolute atomic E-state index is 4.98. The van der Waals surface area contributed by atoms with Crippen LogP contribution in [0.2, 0.25) is 0 Å². The summed E-state index contributed by atoms with van der Waals surface area (Å²) < 4.78 is 2.39. The van der Waals surface area contributed by atoms with Crippen molar-refractivity contribution in [2.24, 2.45) is 0 Å². The summed E-state index contributed by atoms with van der Waals surface area (Å²) in [6.07, 6.45) is 3.99. The summed E-state index contributed by atoms with van der Waals surface area (Å²) in [6, 6.07) is 15.3. The highest BCUT2D eigenvalue weighted by atomic mass is 15.3. The van der Waals surface area contributed by atoms with E-state index in [-0.39, 0.29) is 0 Å². The lowest BCUT2D eigenvalue weighted by Crippen LogP contribution is -2.31. The SMILES string of the molecule is Cc1ccc(-c2nc3cc(C)ccc3n2CN2CCCCC2)cc1. The van der Waals surface area contributed by atoms with Crippen LogP contribution in [-0.2, 0) is 6.67 Å². The number of piperidine rings is 1. The summed E-state index contributed by atoms with van der Waals surface area (Å²) in [5.74, 6) is 1.08. The van der Waals surface area contributed by atoms with E-state index >= 15 is 0 Å². The van der Waals surface area contributed by atoms with Crippen LogP contribution in [0.5, 0.6) is 0 Å². The number of fused-ring (bicyclic) bond motifs is 1. The molecule has 24 heavy (non-hydrogen) atoms. The number of hydrogen-bond donors (Lipinski definition) is 0. The summed E-state index contributed by atoms with van der Waals surface area (Å²) >= 11 is 0. The van der Waals surface area contributed by atoms with Gasteiger partial charge in [0.1, 0.15) is 5.82 Å². The molecule has 3 aromatic rings. The molecular weight excluding hydrogens is 294 g/mol. The number of benzene rings is 2. The lowest BCUT2D eigenvalue weighted by molar-refractivity contribution is 0.186. The van der Waals surface area contributed by atoms with Crippen LogP contribution in [0.3, 0.4) is 0 Å². The number of hydrogen-bond acceptors (Lipinski definition) is 2. The van der Waals surface area contributed by atoms with Crippen molar-refractivity contribution in [1.29, 1.82) is 0 Å². The normalized spacial score (nSPS) is 15.9. The lowest BCUT2D eigenvalue weighted by Gasteiger charge is -2.27. The summed E-state index contributed by atoms with van der Waals surface area (Å²) in [6.45, 7) is 7.58. The van der Waals surface area contributed by atoms with Crippen molar-refractivity contribution in [2.75, 3.05) is 13.1 Å². The first kappa shape index (κ1) is 15.4. The van der Waals surface area contributed by atoms with Gasteiger partial charge < -0.3 is 4.57 Å². The van der Waals surface area contributed by atoms with Gasteiger partial charge in [0, 0.05) is 5.56 Å². The molecule has 1 fully saturated rings. The van der Waals surface area contributed by atoms with Crippen LogP contribution in [0.25, 0.3) is 22.4 Å². The standard InChI is InChI=1S/C21H25N3/c1-16-6-9-18(10-7-16)21-22-19-14-17(2)8-11-20(19)24(21)15-23-12-4-3-5-13-23/h6-11,14H,3-5,12-13,15H2,1-2H3. The third kappa shape index (κ3) is 2.96. The summed E-state index contributed by atoms with van der Waals surface area (Å²) in [5, 5.41) is 0. The summed E-state index contributed by atoms with van der Waals surface area (Å²) in [4.78, 5) is 7.53. The van der Waals surface area contributed by atoms with E-state index in [1.807, 2.05) is 0 Å². The summed E-state index contributed by atoms with van der Waals surface area (Å²) in [7, 11) is 0. The predicted molar refractivity (Wildman–Crippen MR) is 100 cm³/mol. The molecule has 2 aromatic carbocycles. The Hall–Kier alpha value is -2.13. The highest BCUT2D eigenvalue weighted by molar-refractivity contribution is 5.81. The zero-order valence-electron chi connectivity index (χ0n) is 14.6. The van der Waals surface area contributed by atoms with Gasteiger partial charge in [0.05, 0.1) is 17.7 Å². The number of rotatable bonds is 3. The van der Waals surface area contributed by atoms with Gasteiger partial charge in [-0.3, -0.25) is 4.90 Å². The van der Waals surface area contributed by atoms with Crippen LogP contribution in [-0.4, -0.2) is 27.5 Å². The second kappa shape index (κ2) is 6.40. The van der Waals surface area contributed by atoms with Crippen LogP contribution in [0.4, 0.5) is 0 Å². The fraction of sp³-hybridized carbons (Fsp3) is 0.381. The van der Waals surface area contributed by atoms with Crippen molar-refractivity contribution < 1.29 is 0 Å². The summed E-state index contributed by atoms with van der Waals surface area (Å²) in [5.41, 5.74) is 6.09. The number of imidazole rings is 1. The largest absolute Gasteiger partial charge is 0.310 e. The van der Waals surface area contributed by atoms with Crippen LogP contribution >= 0.6 is 0 Å². The quantitative estimate of drug-likeness (QED) is 0.694. The smallest absolute Gasteiger partial charge is 0.142 e. The van der Waals surface area contributed by atoms with Crippen LogP contribution in [0.1, 0.15) is 30.4 Å². The molecule has 2 heterocycles.